The highest BCUT2D eigenvalue weighted by Gasteiger charge is 2.28. The molecule has 1 aromatic heterocycles. The molecule has 4 N–H and O–H groups in total. The van der Waals surface area contributed by atoms with Gasteiger partial charge in [-0.15, -0.1) is 0 Å². The average molecular weight is 283 g/mol. The highest BCUT2D eigenvalue weighted by molar-refractivity contribution is 6.29. The van der Waals surface area contributed by atoms with E-state index in [1.807, 2.05) is 0 Å². The van der Waals surface area contributed by atoms with Gasteiger partial charge in [-0.1, -0.05) is 30.9 Å². The molecule has 0 radical (unpaired) electrons. The van der Waals surface area contributed by atoms with E-state index in [1.54, 1.807) is 12.1 Å². The van der Waals surface area contributed by atoms with Crippen molar-refractivity contribution >= 4 is 23.3 Å². The molecule has 1 fully saturated rings. The summed E-state index contributed by atoms with van der Waals surface area (Å²) in [5.41, 5.74) is 2.75. The molecule has 0 bridgehead atoms. The third-order valence-corrected chi connectivity index (χ3v) is 3.77. The number of nitrogen functional groups attached to an aromatic ring is 1. The molecule has 0 aromatic carbocycles. The Balaban J connectivity index is 2.13. The Labute approximate surface area is 117 Å². The first-order valence-electron chi connectivity index (χ1n) is 6.49. The Hall–Kier alpha value is -1.33. The molecule has 0 aliphatic heterocycles. The van der Waals surface area contributed by atoms with Crippen LogP contribution in [0.25, 0.3) is 0 Å². The first kappa shape index (κ1) is 14.1. The zero-order chi connectivity index (χ0) is 13.9. The quantitative estimate of drug-likeness (QED) is 0.452. The molecule has 0 spiro atoms. The van der Waals surface area contributed by atoms with Crippen molar-refractivity contribution in [1.29, 1.82) is 0 Å². The third-order valence-electron chi connectivity index (χ3n) is 3.58. The summed E-state index contributed by atoms with van der Waals surface area (Å²) in [7, 11) is 0. The van der Waals surface area contributed by atoms with Crippen LogP contribution < -0.4 is 16.6 Å². The van der Waals surface area contributed by atoms with E-state index >= 15 is 0 Å². The summed E-state index contributed by atoms with van der Waals surface area (Å²) in [6.45, 7) is 2.09. The van der Waals surface area contributed by atoms with Gasteiger partial charge in [-0.05, 0) is 31.9 Å². The third kappa shape index (κ3) is 3.58. The van der Waals surface area contributed by atoms with Crippen LogP contribution >= 0.6 is 11.6 Å². The number of pyridine rings is 1. The molecule has 5 nitrogen and oxygen atoms in total. The molecule has 1 heterocycles. The van der Waals surface area contributed by atoms with E-state index in [2.05, 4.69) is 22.7 Å². The van der Waals surface area contributed by atoms with Crippen LogP contribution in [0, 0.1) is 0 Å². The van der Waals surface area contributed by atoms with E-state index in [1.165, 1.54) is 6.42 Å². The van der Waals surface area contributed by atoms with Crippen LogP contribution in [-0.4, -0.2) is 16.4 Å². The minimum atomic E-state index is -0.134. The van der Waals surface area contributed by atoms with Crippen LogP contribution in [-0.2, 0) is 0 Å². The zero-order valence-corrected chi connectivity index (χ0v) is 11.8. The molecule has 0 saturated heterocycles. The number of anilines is 1. The number of halogens is 1. The number of carbonyl (C=O) groups is 1. The molecule has 1 saturated carbocycles. The Morgan fingerprint density at radius 3 is 2.68 bits per heavy atom. The van der Waals surface area contributed by atoms with Crippen LogP contribution in [0.15, 0.2) is 12.1 Å². The number of rotatable bonds is 3. The summed E-state index contributed by atoms with van der Waals surface area (Å²) in [4.78, 5) is 16.2. The predicted octanol–water partition coefficient (Wildman–Crippen LogP) is 2.47. The van der Waals surface area contributed by atoms with Gasteiger partial charge in [0.2, 0.25) is 0 Å². The van der Waals surface area contributed by atoms with E-state index in [4.69, 9.17) is 17.4 Å². The number of hydrogen-bond donors (Lipinski definition) is 3. The van der Waals surface area contributed by atoms with Gasteiger partial charge in [0.05, 0.1) is 0 Å². The second kappa shape index (κ2) is 5.75. The fraction of sp³-hybridized carbons (Fsp3) is 0.538. The number of hydrogen-bond acceptors (Lipinski definition) is 4. The number of nitrogens with one attached hydrogen (secondary N) is 2. The monoisotopic (exact) mass is 282 g/mol. The molecule has 1 aliphatic rings. The van der Waals surface area contributed by atoms with Crippen LogP contribution in [0.5, 0.6) is 0 Å². The summed E-state index contributed by atoms with van der Waals surface area (Å²) in [5, 5.41) is 3.34. The maximum Gasteiger partial charge on any atom is 0.251 e. The van der Waals surface area contributed by atoms with Gasteiger partial charge in [-0.25, -0.2) is 10.8 Å². The van der Waals surface area contributed by atoms with Gasteiger partial charge < -0.3 is 10.7 Å². The smallest absolute Gasteiger partial charge is 0.251 e. The lowest BCUT2D eigenvalue weighted by atomic mass is 9.83. The van der Waals surface area contributed by atoms with Crippen molar-refractivity contribution in [2.45, 2.75) is 44.6 Å². The minimum Gasteiger partial charge on any atom is -0.347 e. The number of nitrogens with two attached hydrogens (primary N) is 1. The summed E-state index contributed by atoms with van der Waals surface area (Å²) in [6, 6.07) is 3.14. The number of aromatic nitrogens is 1. The highest BCUT2D eigenvalue weighted by Crippen LogP contribution is 2.28. The van der Waals surface area contributed by atoms with Crippen LogP contribution in [0.3, 0.4) is 0 Å². The number of amides is 1. The van der Waals surface area contributed by atoms with Gasteiger partial charge in [0.1, 0.15) is 11.0 Å². The number of carbonyl (C=O) groups excluding carboxylic acids is 1. The average Bonchev–Trinajstić information content (AvgIpc) is 2.38. The van der Waals surface area contributed by atoms with Gasteiger partial charge in [0.15, 0.2) is 0 Å². The van der Waals surface area contributed by atoms with Crippen molar-refractivity contribution in [3.8, 4) is 0 Å². The van der Waals surface area contributed by atoms with E-state index in [0.29, 0.717) is 11.4 Å². The molecule has 104 valence electrons. The first-order valence-corrected chi connectivity index (χ1v) is 6.87. The Morgan fingerprint density at radius 1 is 1.37 bits per heavy atom. The van der Waals surface area contributed by atoms with Crippen molar-refractivity contribution in [3.63, 3.8) is 0 Å². The molecule has 0 atom stereocenters. The predicted molar refractivity (Wildman–Crippen MR) is 76.0 cm³/mol. The van der Waals surface area contributed by atoms with Crippen LogP contribution in [0.1, 0.15) is 49.4 Å². The van der Waals surface area contributed by atoms with Crippen LogP contribution in [0.2, 0.25) is 5.15 Å². The molecule has 19 heavy (non-hydrogen) atoms. The zero-order valence-electron chi connectivity index (χ0n) is 11.0. The molecule has 2 rings (SSSR count). The fourth-order valence-corrected chi connectivity index (χ4v) is 2.71. The summed E-state index contributed by atoms with van der Waals surface area (Å²) >= 11 is 5.86. The Morgan fingerprint density at radius 2 is 2.05 bits per heavy atom. The first-order chi connectivity index (χ1) is 9.02. The van der Waals surface area contributed by atoms with Gasteiger partial charge >= 0.3 is 0 Å². The second-order valence-electron chi connectivity index (χ2n) is 5.28. The molecule has 1 aromatic rings. The van der Waals surface area contributed by atoms with Gasteiger partial charge in [-0.3, -0.25) is 4.79 Å². The maximum atomic E-state index is 12.3. The van der Waals surface area contributed by atoms with E-state index in [9.17, 15) is 4.79 Å². The summed E-state index contributed by atoms with van der Waals surface area (Å²) in [6.07, 6.45) is 5.58. The molecule has 0 unspecified atom stereocenters. The van der Waals surface area contributed by atoms with Crippen molar-refractivity contribution in [2.75, 3.05) is 5.43 Å². The highest BCUT2D eigenvalue weighted by atomic mass is 35.5. The van der Waals surface area contributed by atoms with Crippen molar-refractivity contribution in [3.05, 3.63) is 22.8 Å². The Bertz CT molecular complexity index is 472. The fourth-order valence-electron chi connectivity index (χ4n) is 2.51. The van der Waals surface area contributed by atoms with Crippen molar-refractivity contribution < 1.29 is 4.79 Å². The van der Waals surface area contributed by atoms with Gasteiger partial charge in [0.25, 0.3) is 5.91 Å². The van der Waals surface area contributed by atoms with Crippen molar-refractivity contribution in [2.24, 2.45) is 5.84 Å². The second-order valence-corrected chi connectivity index (χ2v) is 5.67. The number of nitrogens with zero attached hydrogens (tertiary/aromatic N) is 1. The topological polar surface area (TPSA) is 80.0 Å². The largest absolute Gasteiger partial charge is 0.347 e. The van der Waals surface area contributed by atoms with E-state index < -0.39 is 0 Å². The summed E-state index contributed by atoms with van der Waals surface area (Å²) in [5.74, 6) is 5.54. The molecular formula is C13H19ClN4O. The lowest BCUT2D eigenvalue weighted by molar-refractivity contribution is 0.0882. The molecule has 1 amide bonds. The SMILES string of the molecule is CC1(NC(=O)c2cc(Cl)nc(NN)c2)CCCCC1. The molecular weight excluding hydrogens is 264 g/mol. The molecule has 1 aliphatic carbocycles. The lowest BCUT2D eigenvalue weighted by Gasteiger charge is -2.34. The summed E-state index contributed by atoms with van der Waals surface area (Å²) < 4.78 is 0. The van der Waals surface area contributed by atoms with E-state index in [-0.39, 0.29) is 16.6 Å². The number of hydrazine groups is 1. The van der Waals surface area contributed by atoms with E-state index in [0.717, 1.165) is 25.7 Å². The van der Waals surface area contributed by atoms with Gasteiger partial charge in [-0.2, -0.15) is 0 Å². The lowest BCUT2D eigenvalue weighted by Crippen LogP contribution is -2.47. The molecule has 6 heteroatoms. The normalized spacial score (nSPS) is 17.8. The van der Waals surface area contributed by atoms with Crippen LogP contribution in [0.4, 0.5) is 5.82 Å². The Kier molecular flexibility index (Phi) is 4.27. The standard InChI is InChI=1S/C13H19ClN4O/c1-13(5-3-2-4-6-13)17-12(19)9-7-10(14)16-11(8-9)18-15/h7-8H,2-6,15H2,1H3,(H,16,18)(H,17,19). The van der Waals surface area contributed by atoms with Crippen molar-refractivity contribution in [1.82, 2.24) is 10.3 Å². The minimum absolute atomic E-state index is 0.124. The van der Waals surface area contributed by atoms with Gasteiger partial charge in [0, 0.05) is 11.1 Å². The maximum absolute atomic E-state index is 12.3.